The number of likely N-dealkylation sites (tertiary alicyclic amines) is 2. The van der Waals surface area contributed by atoms with Crippen molar-refractivity contribution in [1.29, 1.82) is 5.26 Å². The Morgan fingerprint density at radius 1 is 1.12 bits per heavy atom. The summed E-state index contributed by atoms with van der Waals surface area (Å²) in [7, 11) is 0. The number of esters is 2. The van der Waals surface area contributed by atoms with Crippen molar-refractivity contribution in [2.75, 3.05) is 39.3 Å². The van der Waals surface area contributed by atoms with Gasteiger partial charge in [-0.1, -0.05) is 13.8 Å². The maximum atomic E-state index is 12.6. The number of nitrogens with zero attached hydrogens (tertiary/aromatic N) is 3. The third kappa shape index (κ3) is 7.31. The standard InChI is InChI=1S/C28H44N4O8/c1-18(2)13-24(35)38-22-16-36-28(26(25(22)37-19(3)33)39-27(4,5)40-28)17-31-11-8-20(9-12-31)30-15-23(34)32-10-6-7-21(32)14-29/h18,20-22,25-26,30H,6-13,15-17H2,1-5H3/t21-,22+,25+,26-,28-/m0/s1. The number of carbonyl (C=O) groups is 3. The highest BCUT2D eigenvalue weighted by Gasteiger charge is 2.64. The Labute approximate surface area is 236 Å². The van der Waals surface area contributed by atoms with Crippen LogP contribution in [0.2, 0.25) is 0 Å². The van der Waals surface area contributed by atoms with Crippen molar-refractivity contribution < 1.29 is 38.1 Å². The van der Waals surface area contributed by atoms with Crippen LogP contribution >= 0.6 is 0 Å². The normalized spacial score (nSPS) is 32.5. The smallest absolute Gasteiger partial charge is 0.306 e. The third-order valence-corrected chi connectivity index (χ3v) is 7.88. The Morgan fingerprint density at radius 2 is 1.85 bits per heavy atom. The highest BCUT2D eigenvalue weighted by atomic mass is 16.9. The van der Waals surface area contributed by atoms with Gasteiger partial charge in [-0.15, -0.1) is 0 Å². The zero-order valence-corrected chi connectivity index (χ0v) is 24.3. The Balaban J connectivity index is 1.36. The van der Waals surface area contributed by atoms with E-state index in [1.165, 1.54) is 6.92 Å². The van der Waals surface area contributed by atoms with Crippen molar-refractivity contribution in [3.05, 3.63) is 0 Å². The van der Waals surface area contributed by atoms with Crippen molar-refractivity contribution in [3.63, 3.8) is 0 Å². The number of carbonyl (C=O) groups excluding carboxylic acids is 3. The largest absolute Gasteiger partial charge is 0.456 e. The Hall–Kier alpha value is -2.30. The average molecular weight is 565 g/mol. The highest BCUT2D eigenvalue weighted by Crippen LogP contribution is 2.44. The van der Waals surface area contributed by atoms with E-state index in [9.17, 15) is 19.6 Å². The molecule has 0 radical (unpaired) electrons. The van der Waals surface area contributed by atoms with E-state index in [1.807, 2.05) is 13.8 Å². The number of nitriles is 1. The highest BCUT2D eigenvalue weighted by molar-refractivity contribution is 5.79. The minimum atomic E-state index is -1.21. The van der Waals surface area contributed by atoms with Gasteiger partial charge in [-0.25, -0.2) is 0 Å². The zero-order valence-electron chi connectivity index (χ0n) is 24.3. The summed E-state index contributed by atoms with van der Waals surface area (Å²) >= 11 is 0. The van der Waals surface area contributed by atoms with Crippen LogP contribution in [0.3, 0.4) is 0 Å². The maximum Gasteiger partial charge on any atom is 0.306 e. The van der Waals surface area contributed by atoms with Gasteiger partial charge in [0.05, 0.1) is 25.8 Å². The van der Waals surface area contributed by atoms with Crippen LogP contribution in [0, 0.1) is 17.2 Å². The molecule has 12 nitrogen and oxygen atoms in total. The Morgan fingerprint density at radius 3 is 2.50 bits per heavy atom. The topological polar surface area (TPSA) is 140 Å². The van der Waals surface area contributed by atoms with Crippen molar-refractivity contribution in [2.24, 2.45) is 5.92 Å². The molecule has 0 bridgehead atoms. The molecule has 0 saturated carbocycles. The molecule has 0 aliphatic carbocycles. The fraction of sp³-hybridized carbons (Fsp3) is 0.857. The van der Waals surface area contributed by atoms with Crippen molar-refractivity contribution >= 4 is 17.8 Å². The molecule has 40 heavy (non-hydrogen) atoms. The van der Waals surface area contributed by atoms with Crippen LogP contribution in [0.25, 0.3) is 0 Å². The fourth-order valence-electron chi connectivity index (χ4n) is 6.12. The first-order valence-corrected chi connectivity index (χ1v) is 14.4. The van der Waals surface area contributed by atoms with Gasteiger partial charge >= 0.3 is 11.9 Å². The third-order valence-electron chi connectivity index (χ3n) is 7.88. The van der Waals surface area contributed by atoms with Gasteiger partial charge in [0.1, 0.15) is 6.04 Å². The molecule has 4 saturated heterocycles. The first kappa shape index (κ1) is 30.7. The molecule has 0 aromatic carbocycles. The van der Waals surface area contributed by atoms with E-state index < -0.39 is 35.9 Å². The monoisotopic (exact) mass is 564 g/mol. The number of amides is 1. The second-order valence-electron chi connectivity index (χ2n) is 12.2. The van der Waals surface area contributed by atoms with E-state index >= 15 is 0 Å². The van der Waals surface area contributed by atoms with Crippen LogP contribution in [-0.2, 0) is 38.1 Å². The predicted molar refractivity (Wildman–Crippen MR) is 141 cm³/mol. The fourth-order valence-corrected chi connectivity index (χ4v) is 6.12. The molecule has 0 aromatic rings. The molecule has 224 valence electrons. The number of piperidine rings is 1. The van der Waals surface area contributed by atoms with E-state index in [0.717, 1.165) is 38.8 Å². The van der Waals surface area contributed by atoms with Crippen LogP contribution in [0.5, 0.6) is 0 Å². The molecule has 4 rings (SSSR count). The summed E-state index contributed by atoms with van der Waals surface area (Å²) in [5.41, 5.74) is 0. The van der Waals surface area contributed by atoms with Crippen molar-refractivity contribution in [3.8, 4) is 6.07 Å². The van der Waals surface area contributed by atoms with Crippen LogP contribution in [-0.4, -0.2) is 109 Å². The molecule has 4 heterocycles. The molecule has 0 unspecified atom stereocenters. The number of hydrogen-bond donors (Lipinski definition) is 1. The molecule has 5 atom stereocenters. The van der Waals surface area contributed by atoms with Crippen LogP contribution in [0.4, 0.5) is 0 Å². The van der Waals surface area contributed by atoms with Crippen LogP contribution in [0.15, 0.2) is 0 Å². The summed E-state index contributed by atoms with van der Waals surface area (Å²) in [5.74, 6) is -3.00. The molecule has 4 aliphatic heterocycles. The summed E-state index contributed by atoms with van der Waals surface area (Å²) in [6.45, 7) is 11.5. The first-order chi connectivity index (χ1) is 18.9. The summed E-state index contributed by atoms with van der Waals surface area (Å²) in [4.78, 5) is 41.0. The minimum Gasteiger partial charge on any atom is -0.456 e. The van der Waals surface area contributed by atoms with E-state index in [1.54, 1.807) is 18.7 Å². The number of fused-ring (bicyclic) bond motifs is 1. The summed E-state index contributed by atoms with van der Waals surface area (Å²) < 4.78 is 30.2. The number of ether oxygens (including phenoxy) is 5. The van der Waals surface area contributed by atoms with E-state index in [2.05, 4.69) is 16.3 Å². The van der Waals surface area contributed by atoms with Crippen LogP contribution in [0.1, 0.15) is 66.7 Å². The second-order valence-corrected chi connectivity index (χ2v) is 12.2. The van der Waals surface area contributed by atoms with Crippen LogP contribution < -0.4 is 5.32 Å². The molecular formula is C28H44N4O8. The molecule has 1 amide bonds. The van der Waals surface area contributed by atoms with E-state index in [0.29, 0.717) is 13.1 Å². The minimum absolute atomic E-state index is 0.0119. The van der Waals surface area contributed by atoms with Gasteiger partial charge in [0, 0.05) is 25.9 Å². The number of rotatable bonds is 9. The molecule has 4 fully saturated rings. The predicted octanol–water partition coefficient (Wildman–Crippen LogP) is 1.32. The van der Waals surface area contributed by atoms with Gasteiger partial charge in [0.15, 0.2) is 24.1 Å². The Kier molecular flexibility index (Phi) is 9.73. The lowest BCUT2D eigenvalue weighted by Gasteiger charge is -2.46. The van der Waals surface area contributed by atoms with Crippen molar-refractivity contribution in [2.45, 2.75) is 109 Å². The average Bonchev–Trinajstić information content (AvgIpc) is 3.46. The molecule has 0 aromatic heterocycles. The van der Waals surface area contributed by atoms with Gasteiger partial charge in [-0.3, -0.25) is 19.3 Å². The molecule has 4 aliphatic rings. The molecular weight excluding hydrogens is 520 g/mol. The lowest BCUT2D eigenvalue weighted by molar-refractivity contribution is -0.300. The lowest BCUT2D eigenvalue weighted by Crippen LogP contribution is -2.65. The Bertz CT molecular complexity index is 976. The van der Waals surface area contributed by atoms with E-state index in [4.69, 9.17) is 23.7 Å². The van der Waals surface area contributed by atoms with Crippen molar-refractivity contribution in [1.82, 2.24) is 15.1 Å². The van der Waals surface area contributed by atoms with Gasteiger partial charge < -0.3 is 33.9 Å². The number of nitrogens with one attached hydrogen (secondary N) is 1. The van der Waals surface area contributed by atoms with Gasteiger partial charge in [0.2, 0.25) is 11.7 Å². The quantitative estimate of drug-likeness (QED) is 0.406. The lowest BCUT2D eigenvalue weighted by atomic mass is 9.94. The van der Waals surface area contributed by atoms with E-state index in [-0.39, 0.29) is 49.5 Å². The summed E-state index contributed by atoms with van der Waals surface area (Å²) in [5, 5.41) is 12.6. The summed E-state index contributed by atoms with van der Waals surface area (Å²) in [6.07, 6.45) is 1.02. The molecule has 0 spiro atoms. The number of hydrogen-bond acceptors (Lipinski definition) is 11. The summed E-state index contributed by atoms with van der Waals surface area (Å²) in [6, 6.07) is 2.08. The zero-order chi connectivity index (χ0) is 29.1. The SMILES string of the molecule is CC(=O)O[C@@H]1[C@H](OC(=O)CC(C)C)CO[C@@]2(CN3CCC(NCC(=O)N4CCC[C@H]4C#N)CC3)OC(C)(C)O[C@@H]12. The van der Waals surface area contributed by atoms with Gasteiger partial charge in [-0.05, 0) is 58.5 Å². The van der Waals surface area contributed by atoms with Gasteiger partial charge in [0.25, 0.3) is 0 Å². The first-order valence-electron chi connectivity index (χ1n) is 14.4. The van der Waals surface area contributed by atoms with Gasteiger partial charge in [-0.2, -0.15) is 5.26 Å². The second kappa shape index (κ2) is 12.7. The maximum absolute atomic E-state index is 12.6. The molecule has 12 heteroatoms. The molecule has 1 N–H and O–H groups in total.